The molecule has 0 aliphatic carbocycles. The van der Waals surface area contributed by atoms with Crippen molar-refractivity contribution in [1.29, 1.82) is 0 Å². The second kappa shape index (κ2) is 5.74. The molecule has 0 spiro atoms. The van der Waals surface area contributed by atoms with Crippen molar-refractivity contribution in [2.24, 2.45) is 5.41 Å². The Kier molecular flexibility index (Phi) is 3.84. The minimum absolute atomic E-state index is 0.162. The molecule has 136 valence electrons. The highest BCUT2D eigenvalue weighted by molar-refractivity contribution is 7.22. The van der Waals surface area contributed by atoms with Crippen LogP contribution in [0.1, 0.15) is 37.7 Å². The maximum atomic E-state index is 12.8. The predicted molar refractivity (Wildman–Crippen MR) is 103 cm³/mol. The lowest BCUT2D eigenvalue weighted by molar-refractivity contribution is -0.139. The summed E-state index contributed by atoms with van der Waals surface area (Å²) in [7, 11) is 0. The fourth-order valence-corrected chi connectivity index (χ4v) is 4.55. The molecule has 3 aromatic rings. The number of rotatable bonds is 1. The Labute approximate surface area is 155 Å². The Balaban J connectivity index is 1.98. The molecule has 4 rings (SSSR count). The number of aromatic nitrogens is 2. The Morgan fingerprint density at radius 1 is 1.35 bits per heavy atom. The molecular formula is C20H22N2O3S. The number of fused-ring (bicyclic) bond motifs is 3. The number of hydrogen-bond donors (Lipinski definition) is 2. The van der Waals surface area contributed by atoms with Gasteiger partial charge in [0.25, 0.3) is 5.56 Å². The molecule has 5 nitrogen and oxygen atoms in total. The number of nitrogens with zero attached hydrogens (tertiary/aromatic N) is 1. The summed E-state index contributed by atoms with van der Waals surface area (Å²) in [5.41, 5.74) is 1.56. The van der Waals surface area contributed by atoms with Crippen molar-refractivity contribution >= 4 is 21.4 Å². The third-order valence-electron chi connectivity index (χ3n) is 5.20. The summed E-state index contributed by atoms with van der Waals surface area (Å²) >= 11 is 1.46. The van der Waals surface area contributed by atoms with E-state index in [0.717, 1.165) is 27.1 Å². The van der Waals surface area contributed by atoms with Crippen LogP contribution in [0.2, 0.25) is 0 Å². The van der Waals surface area contributed by atoms with E-state index in [-0.39, 0.29) is 12.2 Å². The third kappa shape index (κ3) is 2.52. The lowest BCUT2D eigenvalue weighted by atomic mass is 9.72. The molecule has 0 radical (unpaired) electrons. The maximum absolute atomic E-state index is 12.8. The first-order valence-electron chi connectivity index (χ1n) is 8.63. The molecule has 0 unspecified atom stereocenters. The van der Waals surface area contributed by atoms with E-state index in [1.54, 1.807) is 6.20 Å². The van der Waals surface area contributed by atoms with Gasteiger partial charge in [0.1, 0.15) is 10.3 Å². The maximum Gasteiger partial charge on any atom is 0.266 e. The molecule has 1 atom stereocenters. The average Bonchev–Trinajstić information content (AvgIpc) is 3.01. The molecule has 0 amide bonds. The van der Waals surface area contributed by atoms with Gasteiger partial charge in [-0.15, -0.1) is 11.3 Å². The minimum atomic E-state index is -1.23. The zero-order valence-electron chi connectivity index (χ0n) is 15.3. The van der Waals surface area contributed by atoms with Crippen LogP contribution in [0.25, 0.3) is 20.5 Å². The van der Waals surface area contributed by atoms with Crippen LogP contribution in [-0.2, 0) is 16.9 Å². The Morgan fingerprint density at radius 2 is 2.12 bits per heavy atom. The summed E-state index contributed by atoms with van der Waals surface area (Å²) in [6, 6.07) is 5.98. The van der Waals surface area contributed by atoms with E-state index in [1.807, 2.05) is 45.9 Å². The monoisotopic (exact) mass is 370 g/mol. The Bertz CT molecular complexity index is 1060. The van der Waals surface area contributed by atoms with Gasteiger partial charge < -0.3 is 14.8 Å². The van der Waals surface area contributed by atoms with E-state index < -0.39 is 11.0 Å². The van der Waals surface area contributed by atoms with Gasteiger partial charge in [-0.1, -0.05) is 20.8 Å². The highest BCUT2D eigenvalue weighted by Gasteiger charge is 2.47. The standard InChI is InChI=1S/C20H22N2O3S/c1-11-7-12(5-6-21-11)15-8-13-14-9-25-10-20(24,19(2,3)4)17(14)22-18(23)16(13)26-15/h5-8,24H,9-10H2,1-4H3,(H,22,23)/t20-/m1/s1. The van der Waals surface area contributed by atoms with Gasteiger partial charge in [-0.2, -0.15) is 0 Å². The number of H-pyrrole nitrogens is 1. The molecule has 6 heteroatoms. The van der Waals surface area contributed by atoms with Crippen LogP contribution < -0.4 is 5.56 Å². The van der Waals surface area contributed by atoms with Crippen molar-refractivity contribution in [3.05, 3.63) is 51.7 Å². The lowest BCUT2D eigenvalue weighted by Crippen LogP contribution is -2.48. The lowest BCUT2D eigenvalue weighted by Gasteiger charge is -2.43. The van der Waals surface area contributed by atoms with Crippen LogP contribution in [0.15, 0.2) is 29.2 Å². The summed E-state index contributed by atoms with van der Waals surface area (Å²) in [6.45, 7) is 8.35. The highest BCUT2D eigenvalue weighted by atomic mass is 32.1. The van der Waals surface area contributed by atoms with Gasteiger partial charge in [0.05, 0.1) is 18.9 Å². The van der Waals surface area contributed by atoms with Gasteiger partial charge >= 0.3 is 0 Å². The Hall–Kier alpha value is -2.02. The molecule has 4 heterocycles. The van der Waals surface area contributed by atoms with Gasteiger partial charge in [-0.05, 0) is 36.1 Å². The SMILES string of the molecule is Cc1cc(-c2cc3c4c([nH]c(=O)c3s2)[C@@](O)(C(C)(C)C)COC4)ccn1. The van der Waals surface area contributed by atoms with Crippen LogP contribution in [0.3, 0.4) is 0 Å². The van der Waals surface area contributed by atoms with Gasteiger partial charge in [-0.3, -0.25) is 9.78 Å². The first-order chi connectivity index (χ1) is 12.2. The first kappa shape index (κ1) is 17.4. The number of hydrogen-bond acceptors (Lipinski definition) is 5. The fourth-order valence-electron chi connectivity index (χ4n) is 3.47. The summed E-state index contributed by atoms with van der Waals surface area (Å²) in [6.07, 6.45) is 1.77. The molecule has 0 bridgehead atoms. The zero-order chi connectivity index (χ0) is 18.7. The minimum Gasteiger partial charge on any atom is -0.381 e. The van der Waals surface area contributed by atoms with Crippen LogP contribution in [0, 0.1) is 12.3 Å². The van der Waals surface area contributed by atoms with E-state index in [1.165, 1.54) is 11.3 Å². The van der Waals surface area contributed by atoms with Gasteiger partial charge in [-0.25, -0.2) is 0 Å². The molecular weight excluding hydrogens is 348 g/mol. The summed E-state index contributed by atoms with van der Waals surface area (Å²) in [5.74, 6) is 0. The number of pyridine rings is 2. The van der Waals surface area contributed by atoms with E-state index in [0.29, 0.717) is 17.0 Å². The summed E-state index contributed by atoms with van der Waals surface area (Å²) < 4.78 is 6.40. The fraction of sp³-hybridized carbons (Fsp3) is 0.400. The molecule has 0 fully saturated rings. The number of aryl methyl sites for hydroxylation is 1. The largest absolute Gasteiger partial charge is 0.381 e. The van der Waals surface area contributed by atoms with Crippen molar-refractivity contribution in [3.63, 3.8) is 0 Å². The molecule has 0 saturated heterocycles. The second-order valence-electron chi connectivity index (χ2n) is 7.95. The topological polar surface area (TPSA) is 75.2 Å². The molecule has 1 aliphatic rings. The molecule has 1 aliphatic heterocycles. The van der Waals surface area contributed by atoms with Gasteiger partial charge in [0, 0.05) is 27.7 Å². The van der Waals surface area contributed by atoms with Gasteiger partial charge in [0.15, 0.2) is 0 Å². The molecule has 0 saturated carbocycles. The quantitative estimate of drug-likeness (QED) is 0.684. The van der Waals surface area contributed by atoms with E-state index in [4.69, 9.17) is 4.74 Å². The summed E-state index contributed by atoms with van der Waals surface area (Å²) in [5, 5.41) is 12.2. The molecule has 26 heavy (non-hydrogen) atoms. The molecule has 0 aromatic carbocycles. The van der Waals surface area contributed by atoms with E-state index >= 15 is 0 Å². The zero-order valence-corrected chi connectivity index (χ0v) is 16.2. The number of aliphatic hydroxyl groups is 1. The predicted octanol–water partition coefficient (Wildman–Crippen LogP) is 3.72. The number of thiophene rings is 1. The van der Waals surface area contributed by atoms with Crippen molar-refractivity contribution in [2.75, 3.05) is 6.61 Å². The average molecular weight is 370 g/mol. The summed E-state index contributed by atoms with van der Waals surface area (Å²) in [4.78, 5) is 21.0. The smallest absolute Gasteiger partial charge is 0.266 e. The first-order valence-corrected chi connectivity index (χ1v) is 9.45. The van der Waals surface area contributed by atoms with Crippen molar-refractivity contribution < 1.29 is 9.84 Å². The van der Waals surface area contributed by atoms with Crippen LogP contribution in [0.5, 0.6) is 0 Å². The normalized spacial score (nSPS) is 20.3. The number of ether oxygens (including phenoxy) is 1. The number of nitrogens with one attached hydrogen (secondary N) is 1. The Morgan fingerprint density at radius 3 is 2.81 bits per heavy atom. The van der Waals surface area contributed by atoms with Crippen LogP contribution >= 0.6 is 11.3 Å². The third-order valence-corrected chi connectivity index (χ3v) is 6.38. The van der Waals surface area contributed by atoms with Crippen LogP contribution in [-0.4, -0.2) is 21.7 Å². The van der Waals surface area contributed by atoms with Gasteiger partial charge in [0.2, 0.25) is 0 Å². The van der Waals surface area contributed by atoms with E-state index in [9.17, 15) is 9.90 Å². The van der Waals surface area contributed by atoms with Crippen LogP contribution in [0.4, 0.5) is 0 Å². The molecule has 3 aromatic heterocycles. The highest BCUT2D eigenvalue weighted by Crippen LogP contribution is 2.45. The molecule has 2 N–H and O–H groups in total. The number of aromatic amines is 1. The van der Waals surface area contributed by atoms with Crippen molar-refractivity contribution in [2.45, 2.75) is 39.9 Å². The van der Waals surface area contributed by atoms with Crippen molar-refractivity contribution in [3.8, 4) is 10.4 Å². The second-order valence-corrected chi connectivity index (χ2v) is 9.00. The van der Waals surface area contributed by atoms with E-state index in [2.05, 4.69) is 9.97 Å². The van der Waals surface area contributed by atoms with Crippen molar-refractivity contribution in [1.82, 2.24) is 9.97 Å².